The molecule has 0 saturated carbocycles. The van der Waals surface area contributed by atoms with E-state index in [0.29, 0.717) is 39.3 Å². The molecule has 0 aromatic rings. The molecule has 1 aliphatic heterocycles. The van der Waals surface area contributed by atoms with E-state index in [1.54, 1.807) is 13.0 Å². The molecule has 0 aliphatic carbocycles. The van der Waals surface area contributed by atoms with Crippen molar-refractivity contribution in [2.45, 2.75) is 6.92 Å². The van der Waals surface area contributed by atoms with E-state index in [1.165, 1.54) is 11.0 Å². The fraction of sp³-hybridized carbons (Fsp3) is 0.636. The van der Waals surface area contributed by atoms with E-state index in [9.17, 15) is 9.59 Å². The number of amides is 1. The van der Waals surface area contributed by atoms with Crippen molar-refractivity contribution in [3.8, 4) is 0 Å². The van der Waals surface area contributed by atoms with Crippen LogP contribution in [0.15, 0.2) is 12.2 Å². The Bertz CT molecular complexity index is 296. The quantitative estimate of drug-likeness (QED) is 0.571. The van der Waals surface area contributed by atoms with Gasteiger partial charge in [0.15, 0.2) is 0 Å². The third-order valence-corrected chi connectivity index (χ3v) is 2.55. The average Bonchev–Trinajstić information content (AvgIpc) is 2.30. The Kier molecular flexibility index (Phi) is 5.48. The summed E-state index contributed by atoms with van der Waals surface area (Å²) >= 11 is 0. The van der Waals surface area contributed by atoms with Crippen molar-refractivity contribution < 1.29 is 19.4 Å². The number of ether oxygens (including phenoxy) is 1. The van der Waals surface area contributed by atoms with Gasteiger partial charge in [-0.25, -0.2) is 9.59 Å². The smallest absolute Gasteiger partial charge is 0.407 e. The van der Waals surface area contributed by atoms with Gasteiger partial charge in [0.25, 0.3) is 0 Å². The number of hydrogen-bond acceptors (Lipinski definition) is 4. The zero-order valence-electron chi connectivity index (χ0n) is 9.96. The Hall–Kier alpha value is -1.56. The highest BCUT2D eigenvalue weighted by Crippen LogP contribution is 2.01. The minimum atomic E-state index is -0.869. The maximum Gasteiger partial charge on any atom is 0.407 e. The molecule has 17 heavy (non-hydrogen) atoms. The molecule has 0 radical (unpaired) electrons. The second kappa shape index (κ2) is 6.90. The number of rotatable bonds is 4. The van der Waals surface area contributed by atoms with Gasteiger partial charge in [-0.1, -0.05) is 6.08 Å². The van der Waals surface area contributed by atoms with Crippen LogP contribution in [0.1, 0.15) is 6.92 Å². The SMILES string of the molecule is CCOC(=O)/C=C/CN1CCN(C(=O)O)CC1. The maximum atomic E-state index is 11.0. The Morgan fingerprint density at radius 2 is 1.94 bits per heavy atom. The zero-order chi connectivity index (χ0) is 12.7. The summed E-state index contributed by atoms with van der Waals surface area (Å²) in [5.74, 6) is -0.336. The van der Waals surface area contributed by atoms with Crippen LogP contribution in [0.25, 0.3) is 0 Å². The van der Waals surface area contributed by atoms with Crippen LogP contribution < -0.4 is 0 Å². The van der Waals surface area contributed by atoms with E-state index < -0.39 is 6.09 Å². The van der Waals surface area contributed by atoms with Crippen LogP contribution in [-0.4, -0.2) is 66.3 Å². The van der Waals surface area contributed by atoms with Crippen LogP contribution in [0.2, 0.25) is 0 Å². The van der Waals surface area contributed by atoms with Crippen molar-refractivity contribution in [3.63, 3.8) is 0 Å². The lowest BCUT2D eigenvalue weighted by Gasteiger charge is -2.32. The lowest BCUT2D eigenvalue weighted by Crippen LogP contribution is -2.48. The molecule has 1 heterocycles. The van der Waals surface area contributed by atoms with Crippen molar-refractivity contribution in [1.82, 2.24) is 9.80 Å². The van der Waals surface area contributed by atoms with Gasteiger partial charge in [0.1, 0.15) is 0 Å². The van der Waals surface area contributed by atoms with Gasteiger partial charge in [-0.2, -0.15) is 0 Å². The molecule has 0 spiro atoms. The summed E-state index contributed by atoms with van der Waals surface area (Å²) in [6, 6.07) is 0. The Morgan fingerprint density at radius 3 is 2.47 bits per heavy atom. The minimum absolute atomic E-state index is 0.336. The summed E-state index contributed by atoms with van der Waals surface area (Å²) < 4.78 is 4.75. The van der Waals surface area contributed by atoms with Gasteiger partial charge >= 0.3 is 12.1 Å². The molecule has 1 amide bonds. The van der Waals surface area contributed by atoms with Gasteiger partial charge in [-0.3, -0.25) is 4.90 Å². The highest BCUT2D eigenvalue weighted by Gasteiger charge is 2.19. The van der Waals surface area contributed by atoms with Crippen molar-refractivity contribution in [2.24, 2.45) is 0 Å². The molecule has 0 aromatic heterocycles. The largest absolute Gasteiger partial charge is 0.465 e. The molecule has 0 bridgehead atoms. The van der Waals surface area contributed by atoms with Crippen LogP contribution in [-0.2, 0) is 9.53 Å². The molecule has 0 aromatic carbocycles. The lowest BCUT2D eigenvalue weighted by molar-refractivity contribution is -0.137. The zero-order valence-corrected chi connectivity index (χ0v) is 9.96. The molecule has 1 rings (SSSR count). The first-order valence-corrected chi connectivity index (χ1v) is 5.67. The van der Waals surface area contributed by atoms with Crippen LogP contribution >= 0.6 is 0 Å². The van der Waals surface area contributed by atoms with Gasteiger partial charge < -0.3 is 14.7 Å². The van der Waals surface area contributed by atoms with E-state index in [4.69, 9.17) is 9.84 Å². The van der Waals surface area contributed by atoms with Gasteiger partial charge in [-0.15, -0.1) is 0 Å². The summed E-state index contributed by atoms with van der Waals surface area (Å²) in [6.07, 6.45) is 2.29. The highest BCUT2D eigenvalue weighted by atomic mass is 16.5. The van der Waals surface area contributed by atoms with E-state index >= 15 is 0 Å². The predicted molar refractivity (Wildman–Crippen MR) is 61.8 cm³/mol. The maximum absolute atomic E-state index is 11.0. The fourth-order valence-electron chi connectivity index (χ4n) is 1.61. The van der Waals surface area contributed by atoms with Crippen molar-refractivity contribution in [2.75, 3.05) is 39.3 Å². The normalized spacial score (nSPS) is 17.4. The van der Waals surface area contributed by atoms with E-state index in [2.05, 4.69) is 4.90 Å². The molecule has 1 saturated heterocycles. The summed E-state index contributed by atoms with van der Waals surface area (Å²) in [6.45, 7) is 5.20. The number of hydrogen-bond donors (Lipinski definition) is 1. The third kappa shape index (κ3) is 4.86. The Labute approximate surface area is 100 Å². The molecule has 1 fully saturated rings. The van der Waals surface area contributed by atoms with Crippen molar-refractivity contribution in [3.05, 3.63) is 12.2 Å². The molecule has 0 unspecified atom stereocenters. The first-order valence-electron chi connectivity index (χ1n) is 5.67. The monoisotopic (exact) mass is 242 g/mol. The van der Waals surface area contributed by atoms with Crippen LogP contribution in [0.5, 0.6) is 0 Å². The van der Waals surface area contributed by atoms with Gasteiger partial charge in [0.05, 0.1) is 6.61 Å². The summed E-state index contributed by atoms with van der Waals surface area (Å²) in [7, 11) is 0. The minimum Gasteiger partial charge on any atom is -0.465 e. The second-order valence-electron chi connectivity index (χ2n) is 3.72. The van der Waals surface area contributed by atoms with E-state index in [0.717, 1.165) is 0 Å². The Morgan fingerprint density at radius 1 is 1.29 bits per heavy atom. The standard InChI is InChI=1S/C11H18N2O4/c1-2-17-10(14)4-3-5-12-6-8-13(9-7-12)11(15)16/h3-4H,2,5-9H2,1H3,(H,15,16)/b4-3+. The van der Waals surface area contributed by atoms with Crippen LogP contribution in [0.3, 0.4) is 0 Å². The van der Waals surface area contributed by atoms with Gasteiger partial charge in [0, 0.05) is 38.8 Å². The van der Waals surface area contributed by atoms with E-state index in [-0.39, 0.29) is 5.97 Å². The number of piperazine rings is 1. The average molecular weight is 242 g/mol. The number of carboxylic acid groups (broad SMARTS) is 1. The first-order chi connectivity index (χ1) is 8.13. The fourth-order valence-corrected chi connectivity index (χ4v) is 1.61. The van der Waals surface area contributed by atoms with Crippen LogP contribution in [0.4, 0.5) is 4.79 Å². The Balaban J connectivity index is 2.22. The molecule has 6 nitrogen and oxygen atoms in total. The molecule has 1 N–H and O–H groups in total. The topological polar surface area (TPSA) is 70.1 Å². The summed E-state index contributed by atoms with van der Waals surface area (Å²) in [5.41, 5.74) is 0. The van der Waals surface area contributed by atoms with Gasteiger partial charge in [0.2, 0.25) is 0 Å². The molecular formula is C11H18N2O4. The lowest BCUT2D eigenvalue weighted by atomic mass is 10.3. The van der Waals surface area contributed by atoms with E-state index in [1.807, 2.05) is 0 Å². The molecule has 6 heteroatoms. The van der Waals surface area contributed by atoms with Crippen LogP contribution in [0, 0.1) is 0 Å². The van der Waals surface area contributed by atoms with Crippen molar-refractivity contribution >= 4 is 12.1 Å². The highest BCUT2D eigenvalue weighted by molar-refractivity contribution is 5.81. The van der Waals surface area contributed by atoms with Gasteiger partial charge in [-0.05, 0) is 6.92 Å². The summed E-state index contributed by atoms with van der Waals surface area (Å²) in [5, 5.41) is 8.76. The number of esters is 1. The summed E-state index contributed by atoms with van der Waals surface area (Å²) in [4.78, 5) is 25.2. The number of nitrogens with zero attached hydrogens (tertiary/aromatic N) is 2. The molecule has 96 valence electrons. The second-order valence-corrected chi connectivity index (χ2v) is 3.72. The molecule has 0 atom stereocenters. The molecule has 1 aliphatic rings. The van der Waals surface area contributed by atoms with Crippen molar-refractivity contribution in [1.29, 1.82) is 0 Å². The number of carbonyl (C=O) groups is 2. The number of carbonyl (C=O) groups excluding carboxylic acids is 1. The first kappa shape index (κ1) is 13.5. The molecular weight excluding hydrogens is 224 g/mol. The predicted octanol–water partition coefficient (Wildman–Crippen LogP) is 0.401. The third-order valence-electron chi connectivity index (χ3n) is 2.55.